The average molecular weight is 544 g/mol. The highest BCUT2D eigenvalue weighted by Crippen LogP contribution is 2.39. The standard InChI is InChI=1S/C26H25N9O3S/c1-2-18-19(12-27)23(32-25(20(18)13-28)39-21(22(29)36)16-6-4-3-5-7-16)34-8-10-35(11-9-34)26-30-14-17(15-31-26)24(37)33-38/h3-7,14-15,21,38H,2,8-11H2,1H3,(H2,29,36)(H,33,37). The van der Waals surface area contributed by atoms with Crippen LogP contribution in [0.5, 0.6) is 0 Å². The van der Waals surface area contributed by atoms with Crippen LogP contribution in [0.4, 0.5) is 11.8 Å². The molecule has 1 saturated heterocycles. The monoisotopic (exact) mass is 543 g/mol. The van der Waals surface area contributed by atoms with E-state index in [1.807, 2.05) is 34.9 Å². The first kappa shape index (κ1) is 27.3. The van der Waals surface area contributed by atoms with Crippen molar-refractivity contribution in [3.63, 3.8) is 0 Å². The van der Waals surface area contributed by atoms with Gasteiger partial charge in [0.1, 0.15) is 28.2 Å². The van der Waals surface area contributed by atoms with Crippen molar-refractivity contribution >= 4 is 35.3 Å². The first-order valence-electron chi connectivity index (χ1n) is 12.1. The molecule has 0 aliphatic carbocycles. The lowest BCUT2D eigenvalue weighted by atomic mass is 10.0. The van der Waals surface area contributed by atoms with Crippen molar-refractivity contribution in [3.8, 4) is 12.1 Å². The van der Waals surface area contributed by atoms with Gasteiger partial charge in [0.25, 0.3) is 5.91 Å². The molecule has 3 heterocycles. The topological polar surface area (TPSA) is 185 Å². The Morgan fingerprint density at radius 3 is 2.23 bits per heavy atom. The summed E-state index contributed by atoms with van der Waals surface area (Å²) in [4.78, 5) is 41.0. The molecule has 1 aliphatic heterocycles. The number of nitriles is 2. The maximum absolute atomic E-state index is 12.4. The fraction of sp³-hybridized carbons (Fsp3) is 0.269. The van der Waals surface area contributed by atoms with Crippen LogP contribution in [0.2, 0.25) is 0 Å². The third-order valence-electron chi connectivity index (χ3n) is 6.28. The van der Waals surface area contributed by atoms with Crippen molar-refractivity contribution in [2.24, 2.45) is 5.73 Å². The number of piperazine rings is 1. The molecule has 1 aromatic carbocycles. The molecule has 39 heavy (non-hydrogen) atoms. The minimum atomic E-state index is -0.763. The van der Waals surface area contributed by atoms with Crippen LogP contribution in [0.1, 0.15) is 44.8 Å². The first-order valence-corrected chi connectivity index (χ1v) is 12.9. The van der Waals surface area contributed by atoms with Crippen LogP contribution in [-0.2, 0) is 11.2 Å². The molecular formula is C26H25N9O3S. The minimum Gasteiger partial charge on any atom is -0.368 e. The first-order chi connectivity index (χ1) is 18.9. The van der Waals surface area contributed by atoms with E-state index < -0.39 is 17.1 Å². The number of benzene rings is 1. The van der Waals surface area contributed by atoms with Gasteiger partial charge in [0.2, 0.25) is 11.9 Å². The summed E-state index contributed by atoms with van der Waals surface area (Å²) in [5.74, 6) is -0.386. The Morgan fingerprint density at radius 1 is 1.08 bits per heavy atom. The van der Waals surface area contributed by atoms with Crippen LogP contribution in [-0.4, -0.2) is 58.2 Å². The highest BCUT2D eigenvalue weighted by Gasteiger charge is 2.29. The van der Waals surface area contributed by atoms with Gasteiger partial charge in [-0.05, 0) is 17.5 Å². The van der Waals surface area contributed by atoms with Crippen LogP contribution < -0.4 is 21.0 Å². The summed E-state index contributed by atoms with van der Waals surface area (Å²) in [5.41, 5.74) is 9.28. The second-order valence-electron chi connectivity index (χ2n) is 8.54. The minimum absolute atomic E-state index is 0.127. The summed E-state index contributed by atoms with van der Waals surface area (Å²) in [5, 5.41) is 28.4. The molecule has 4 rings (SSSR count). The molecule has 13 heteroatoms. The third kappa shape index (κ3) is 5.75. The number of pyridine rings is 1. The van der Waals surface area contributed by atoms with Gasteiger partial charge in [-0.2, -0.15) is 10.5 Å². The number of hydrogen-bond acceptors (Lipinski definition) is 11. The number of carbonyl (C=O) groups is 2. The molecule has 1 unspecified atom stereocenters. The number of nitrogens with one attached hydrogen (secondary N) is 1. The lowest BCUT2D eigenvalue weighted by molar-refractivity contribution is -0.117. The second-order valence-corrected chi connectivity index (χ2v) is 9.64. The molecule has 198 valence electrons. The van der Waals surface area contributed by atoms with Crippen molar-refractivity contribution in [2.45, 2.75) is 23.6 Å². The highest BCUT2D eigenvalue weighted by molar-refractivity contribution is 8.00. The van der Waals surface area contributed by atoms with Gasteiger partial charge < -0.3 is 15.5 Å². The molecule has 1 fully saturated rings. The second kappa shape index (κ2) is 12.2. The number of hydrogen-bond donors (Lipinski definition) is 3. The molecule has 0 radical (unpaired) electrons. The van der Waals surface area contributed by atoms with E-state index in [0.29, 0.717) is 66.1 Å². The Kier molecular flexibility index (Phi) is 8.56. The largest absolute Gasteiger partial charge is 0.368 e. The van der Waals surface area contributed by atoms with Gasteiger partial charge in [0.05, 0.1) is 16.7 Å². The maximum atomic E-state index is 12.4. The van der Waals surface area contributed by atoms with E-state index in [-0.39, 0.29) is 11.1 Å². The maximum Gasteiger partial charge on any atom is 0.277 e. The zero-order valence-corrected chi connectivity index (χ0v) is 21.9. The SMILES string of the molecule is CCc1c(C#N)c(SC(C(N)=O)c2ccccc2)nc(N2CCN(c3ncc(C(=O)NO)cn3)CC2)c1C#N. The fourth-order valence-electron chi connectivity index (χ4n) is 4.31. The molecule has 1 aliphatic rings. The van der Waals surface area contributed by atoms with E-state index >= 15 is 0 Å². The molecule has 12 nitrogen and oxygen atoms in total. The number of aromatic nitrogens is 3. The van der Waals surface area contributed by atoms with E-state index in [1.54, 1.807) is 17.6 Å². The fourth-order valence-corrected chi connectivity index (χ4v) is 5.37. The molecule has 3 aromatic rings. The van der Waals surface area contributed by atoms with Gasteiger partial charge in [0.15, 0.2) is 0 Å². The Bertz CT molecular complexity index is 1440. The molecule has 1 atom stereocenters. The summed E-state index contributed by atoms with van der Waals surface area (Å²) in [7, 11) is 0. The van der Waals surface area contributed by atoms with Gasteiger partial charge in [-0.25, -0.2) is 20.4 Å². The van der Waals surface area contributed by atoms with Crippen molar-refractivity contribution in [3.05, 3.63) is 70.5 Å². The summed E-state index contributed by atoms with van der Waals surface area (Å²) in [6.45, 7) is 3.86. The van der Waals surface area contributed by atoms with Crippen LogP contribution in [0, 0.1) is 22.7 Å². The molecule has 2 aromatic heterocycles. The number of carbonyl (C=O) groups excluding carboxylic acids is 2. The van der Waals surface area contributed by atoms with Crippen LogP contribution >= 0.6 is 11.8 Å². The molecule has 4 N–H and O–H groups in total. The summed E-state index contributed by atoms with van der Waals surface area (Å²) in [6, 6.07) is 13.5. The van der Waals surface area contributed by atoms with Crippen LogP contribution in [0.3, 0.4) is 0 Å². The Labute approximate surface area is 229 Å². The van der Waals surface area contributed by atoms with Gasteiger partial charge in [0, 0.05) is 38.6 Å². The number of nitrogens with two attached hydrogens (primary N) is 1. The predicted octanol–water partition coefficient (Wildman–Crippen LogP) is 1.94. The third-order valence-corrected chi connectivity index (χ3v) is 7.54. The zero-order chi connectivity index (χ0) is 27.9. The lowest BCUT2D eigenvalue weighted by Crippen LogP contribution is -2.47. The summed E-state index contributed by atoms with van der Waals surface area (Å²) >= 11 is 1.11. The summed E-state index contributed by atoms with van der Waals surface area (Å²) in [6.07, 6.45) is 3.09. The van der Waals surface area contributed by atoms with Gasteiger partial charge in [-0.1, -0.05) is 49.0 Å². The van der Waals surface area contributed by atoms with Crippen LogP contribution in [0.15, 0.2) is 47.8 Å². The van der Waals surface area contributed by atoms with Crippen LogP contribution in [0.25, 0.3) is 0 Å². The average Bonchev–Trinajstić information content (AvgIpc) is 2.99. The van der Waals surface area contributed by atoms with E-state index in [1.165, 1.54) is 12.4 Å². The van der Waals surface area contributed by atoms with E-state index in [9.17, 15) is 20.1 Å². The Hall–Kier alpha value is -4.72. The number of hydroxylamine groups is 1. The highest BCUT2D eigenvalue weighted by atomic mass is 32.2. The molecule has 0 spiro atoms. The molecule has 0 bridgehead atoms. The Balaban J connectivity index is 1.64. The molecule has 2 amide bonds. The number of thioether (sulfide) groups is 1. The van der Waals surface area contributed by atoms with E-state index in [0.717, 1.165) is 11.8 Å². The quantitative estimate of drug-likeness (QED) is 0.214. The van der Waals surface area contributed by atoms with Crippen molar-refractivity contribution in [1.82, 2.24) is 20.4 Å². The summed E-state index contributed by atoms with van der Waals surface area (Å²) < 4.78 is 0. The predicted molar refractivity (Wildman–Crippen MR) is 143 cm³/mol. The number of anilines is 2. The number of primary amides is 1. The van der Waals surface area contributed by atoms with Crippen molar-refractivity contribution < 1.29 is 14.8 Å². The molecule has 0 saturated carbocycles. The van der Waals surface area contributed by atoms with Gasteiger partial charge in [-0.3, -0.25) is 14.8 Å². The van der Waals surface area contributed by atoms with Gasteiger partial charge >= 0.3 is 0 Å². The normalized spacial score (nSPS) is 13.7. The lowest BCUT2D eigenvalue weighted by Gasteiger charge is -2.36. The number of nitrogens with zero attached hydrogens (tertiary/aromatic N) is 7. The Morgan fingerprint density at radius 2 is 1.69 bits per heavy atom. The molecular weight excluding hydrogens is 518 g/mol. The number of amides is 2. The smallest absolute Gasteiger partial charge is 0.277 e. The van der Waals surface area contributed by atoms with Gasteiger partial charge in [-0.15, -0.1) is 0 Å². The number of rotatable bonds is 8. The van der Waals surface area contributed by atoms with Crippen molar-refractivity contribution in [1.29, 1.82) is 10.5 Å². The van der Waals surface area contributed by atoms with Crippen molar-refractivity contribution in [2.75, 3.05) is 36.0 Å². The zero-order valence-electron chi connectivity index (χ0n) is 21.0. The van der Waals surface area contributed by atoms with E-state index in [2.05, 4.69) is 22.1 Å². The van der Waals surface area contributed by atoms with E-state index in [4.69, 9.17) is 15.9 Å².